The first kappa shape index (κ1) is 21.7. The van der Waals surface area contributed by atoms with Gasteiger partial charge in [-0.2, -0.15) is 4.31 Å². The second-order valence-corrected chi connectivity index (χ2v) is 8.51. The summed E-state index contributed by atoms with van der Waals surface area (Å²) in [5.41, 5.74) is 0. The molecular weight excluding hydrogens is 376 g/mol. The lowest BCUT2D eigenvalue weighted by atomic mass is 10.2. The number of unbranched alkanes of at least 4 members (excludes halogenated alkanes) is 2. The Morgan fingerprint density at radius 3 is 2.48 bits per heavy atom. The van der Waals surface area contributed by atoms with E-state index in [1.54, 1.807) is 4.90 Å². The maximum Gasteiger partial charge on any atom is 0.243 e. The second kappa shape index (κ2) is 10.1. The van der Waals surface area contributed by atoms with Crippen molar-refractivity contribution in [2.45, 2.75) is 37.5 Å². The molecule has 0 radical (unpaired) electrons. The Morgan fingerprint density at radius 2 is 1.85 bits per heavy atom. The summed E-state index contributed by atoms with van der Waals surface area (Å²) in [7, 11) is -4.00. The molecule has 6 nitrogen and oxygen atoms in total. The van der Waals surface area contributed by atoms with Crippen LogP contribution < -0.4 is 5.32 Å². The zero-order chi connectivity index (χ0) is 19.9. The van der Waals surface area contributed by atoms with Crippen molar-refractivity contribution in [2.24, 2.45) is 0 Å². The Morgan fingerprint density at radius 1 is 1.15 bits per heavy atom. The molecule has 27 heavy (non-hydrogen) atoms. The Hall–Kier alpha value is -1.58. The molecule has 1 aliphatic rings. The number of nitrogens with one attached hydrogen (secondary N) is 1. The van der Waals surface area contributed by atoms with E-state index in [1.807, 2.05) is 6.92 Å². The number of benzene rings is 1. The van der Waals surface area contributed by atoms with E-state index in [2.05, 4.69) is 5.32 Å². The van der Waals surface area contributed by atoms with Crippen LogP contribution in [0.25, 0.3) is 0 Å². The van der Waals surface area contributed by atoms with E-state index in [9.17, 15) is 22.0 Å². The first-order valence-corrected chi connectivity index (χ1v) is 10.7. The van der Waals surface area contributed by atoms with Gasteiger partial charge < -0.3 is 10.2 Å². The number of piperazine rings is 1. The lowest BCUT2D eigenvalue weighted by Gasteiger charge is -2.29. The number of rotatable bonds is 9. The summed E-state index contributed by atoms with van der Waals surface area (Å²) in [4.78, 5) is 13.8. The Labute approximate surface area is 159 Å². The molecule has 0 atom stereocenters. The number of amides is 1. The molecular formula is C18H27F2N3O3S. The number of hydrogen-bond donors (Lipinski definition) is 1. The van der Waals surface area contributed by atoms with Crippen LogP contribution in [0.4, 0.5) is 8.78 Å². The Bertz CT molecular complexity index is 737. The van der Waals surface area contributed by atoms with Crippen LogP contribution in [0.2, 0.25) is 0 Å². The zero-order valence-electron chi connectivity index (χ0n) is 15.6. The molecule has 0 aliphatic carbocycles. The van der Waals surface area contributed by atoms with Crippen LogP contribution >= 0.6 is 0 Å². The van der Waals surface area contributed by atoms with Crippen LogP contribution in [0.15, 0.2) is 23.1 Å². The van der Waals surface area contributed by atoms with Crippen molar-refractivity contribution in [3.63, 3.8) is 0 Å². The molecule has 1 aromatic rings. The molecule has 1 aromatic carbocycles. The monoisotopic (exact) mass is 403 g/mol. The van der Waals surface area contributed by atoms with Crippen LogP contribution in [-0.2, 0) is 14.8 Å². The van der Waals surface area contributed by atoms with Gasteiger partial charge in [0.25, 0.3) is 0 Å². The molecule has 1 amide bonds. The molecule has 0 unspecified atom stereocenters. The molecule has 9 heteroatoms. The van der Waals surface area contributed by atoms with Crippen molar-refractivity contribution in [1.29, 1.82) is 0 Å². The highest BCUT2D eigenvalue weighted by Gasteiger charge is 2.27. The van der Waals surface area contributed by atoms with E-state index >= 15 is 0 Å². The fourth-order valence-electron chi connectivity index (χ4n) is 2.97. The van der Waals surface area contributed by atoms with Gasteiger partial charge in [0.15, 0.2) is 11.6 Å². The largest absolute Gasteiger partial charge is 0.340 e. The third-order valence-electron chi connectivity index (χ3n) is 4.58. The van der Waals surface area contributed by atoms with Crippen LogP contribution in [0.5, 0.6) is 0 Å². The van der Waals surface area contributed by atoms with Gasteiger partial charge in [0, 0.05) is 45.7 Å². The van der Waals surface area contributed by atoms with Crippen LogP contribution in [-0.4, -0.2) is 62.8 Å². The fraction of sp³-hybridized carbons (Fsp3) is 0.611. The number of carbonyl (C=O) groups is 1. The molecule has 1 N–H and O–H groups in total. The number of carbonyl (C=O) groups excluding carboxylic acids is 1. The van der Waals surface area contributed by atoms with Crippen LogP contribution in [0, 0.1) is 11.6 Å². The van der Waals surface area contributed by atoms with Gasteiger partial charge in [-0.15, -0.1) is 0 Å². The SMILES string of the molecule is CCCCCN(CCC(=O)N1CCNCC1)S(=O)(=O)c1ccc(F)c(F)c1. The van der Waals surface area contributed by atoms with E-state index in [0.29, 0.717) is 25.6 Å². The topological polar surface area (TPSA) is 69.7 Å². The molecule has 1 aliphatic heterocycles. The van der Waals surface area contributed by atoms with E-state index < -0.39 is 21.7 Å². The molecule has 0 aromatic heterocycles. The normalized spacial score (nSPS) is 15.3. The van der Waals surface area contributed by atoms with Crippen LogP contribution in [0.1, 0.15) is 32.6 Å². The lowest BCUT2D eigenvalue weighted by molar-refractivity contribution is -0.131. The van der Waals surface area contributed by atoms with Gasteiger partial charge >= 0.3 is 0 Å². The lowest BCUT2D eigenvalue weighted by Crippen LogP contribution is -2.47. The number of hydrogen-bond acceptors (Lipinski definition) is 4. The average Bonchev–Trinajstić information content (AvgIpc) is 2.66. The highest BCUT2D eigenvalue weighted by atomic mass is 32.2. The predicted molar refractivity (Wildman–Crippen MR) is 98.7 cm³/mol. The van der Waals surface area contributed by atoms with Gasteiger partial charge in [0.1, 0.15) is 0 Å². The average molecular weight is 403 g/mol. The highest BCUT2D eigenvalue weighted by Crippen LogP contribution is 2.20. The molecule has 1 fully saturated rings. The van der Waals surface area contributed by atoms with Gasteiger partial charge in [-0.25, -0.2) is 17.2 Å². The summed E-state index contributed by atoms with van der Waals surface area (Å²) in [6, 6.07) is 2.55. The highest BCUT2D eigenvalue weighted by molar-refractivity contribution is 7.89. The fourth-order valence-corrected chi connectivity index (χ4v) is 4.46. The Kier molecular flexibility index (Phi) is 8.12. The van der Waals surface area contributed by atoms with E-state index in [4.69, 9.17) is 0 Å². The minimum Gasteiger partial charge on any atom is -0.340 e. The number of halogens is 2. The third kappa shape index (κ3) is 5.95. The minimum absolute atomic E-state index is 0.0216. The second-order valence-electron chi connectivity index (χ2n) is 6.57. The molecule has 2 rings (SSSR count). The zero-order valence-corrected chi connectivity index (χ0v) is 16.4. The Balaban J connectivity index is 2.11. The molecule has 0 saturated carbocycles. The molecule has 1 heterocycles. The summed E-state index contributed by atoms with van der Waals surface area (Å²) >= 11 is 0. The van der Waals surface area contributed by atoms with Crippen molar-refractivity contribution in [3.05, 3.63) is 29.8 Å². The van der Waals surface area contributed by atoms with Crippen molar-refractivity contribution < 1.29 is 22.0 Å². The molecule has 0 spiro atoms. The van der Waals surface area contributed by atoms with E-state index in [-0.39, 0.29) is 30.3 Å². The van der Waals surface area contributed by atoms with Gasteiger partial charge in [0.05, 0.1) is 4.90 Å². The maximum atomic E-state index is 13.5. The van der Waals surface area contributed by atoms with Gasteiger partial charge in [0.2, 0.25) is 15.9 Å². The summed E-state index contributed by atoms with van der Waals surface area (Å²) < 4.78 is 53.6. The van der Waals surface area contributed by atoms with Gasteiger partial charge in [-0.3, -0.25) is 4.79 Å². The molecule has 0 bridgehead atoms. The summed E-state index contributed by atoms with van der Waals surface area (Å²) in [5.74, 6) is -2.40. The first-order valence-electron chi connectivity index (χ1n) is 9.30. The van der Waals surface area contributed by atoms with Crippen molar-refractivity contribution in [2.75, 3.05) is 39.3 Å². The van der Waals surface area contributed by atoms with E-state index in [0.717, 1.165) is 38.1 Å². The van der Waals surface area contributed by atoms with Gasteiger partial charge in [-0.05, 0) is 24.6 Å². The quantitative estimate of drug-likeness (QED) is 0.640. The summed E-state index contributed by atoms with van der Waals surface area (Å²) in [6.07, 6.45) is 2.46. The van der Waals surface area contributed by atoms with Crippen LogP contribution in [0.3, 0.4) is 0 Å². The summed E-state index contributed by atoms with van der Waals surface area (Å²) in [5, 5.41) is 3.16. The smallest absolute Gasteiger partial charge is 0.243 e. The number of nitrogens with zero attached hydrogens (tertiary/aromatic N) is 2. The minimum atomic E-state index is -4.00. The third-order valence-corrected chi connectivity index (χ3v) is 6.48. The number of sulfonamides is 1. The van der Waals surface area contributed by atoms with E-state index in [1.165, 1.54) is 4.31 Å². The standard InChI is InChI=1S/C18H27F2N3O3S/c1-2-3-4-10-23(11-7-18(24)22-12-8-21-9-13-22)27(25,26)15-5-6-16(19)17(20)14-15/h5-6,14,21H,2-4,7-13H2,1H3. The maximum absolute atomic E-state index is 13.5. The first-order chi connectivity index (χ1) is 12.9. The van der Waals surface area contributed by atoms with Crippen molar-refractivity contribution >= 4 is 15.9 Å². The summed E-state index contributed by atoms with van der Waals surface area (Å²) in [6.45, 7) is 4.91. The predicted octanol–water partition coefficient (Wildman–Crippen LogP) is 1.97. The van der Waals surface area contributed by atoms with Gasteiger partial charge in [-0.1, -0.05) is 19.8 Å². The molecule has 152 valence electrons. The van der Waals surface area contributed by atoms with Crippen molar-refractivity contribution in [3.8, 4) is 0 Å². The van der Waals surface area contributed by atoms with Crippen molar-refractivity contribution in [1.82, 2.24) is 14.5 Å². The molecule has 1 saturated heterocycles.